The molecule has 0 aromatic heterocycles. The molecule has 2 heteroatoms. The topological polar surface area (TPSA) is 12.4 Å². The molecule has 1 unspecified atom stereocenters. The van der Waals surface area contributed by atoms with Crippen molar-refractivity contribution in [3.8, 4) is 0 Å². The molecule has 0 aliphatic heterocycles. The van der Waals surface area contributed by atoms with Gasteiger partial charge >= 0.3 is 0 Å². The van der Waals surface area contributed by atoms with E-state index in [-0.39, 0.29) is 5.92 Å². The first-order valence-electron chi connectivity index (χ1n) is 10.4. The largest absolute Gasteiger partial charge is 0.293 e. The lowest BCUT2D eigenvalue weighted by Gasteiger charge is -2.22. The van der Waals surface area contributed by atoms with Crippen LogP contribution in [0.3, 0.4) is 0 Å². The molecule has 1 aliphatic carbocycles. The van der Waals surface area contributed by atoms with Gasteiger partial charge in [-0.3, -0.25) is 4.99 Å². The summed E-state index contributed by atoms with van der Waals surface area (Å²) >= 11 is 6.19. The standard InChI is InChI=1S/C26H30ClN/c1-4-6-10-25-23(19(3)28-18-5-2)17-14-20-9-7-8-11-24(20)26(25)21-12-15-22(27)16-13-21/h7-9,11-17,23H,4-6,10,18H2,1-3H3. The van der Waals surface area contributed by atoms with Crippen LogP contribution in [0.15, 0.2) is 65.2 Å². The molecule has 0 saturated heterocycles. The quantitative estimate of drug-likeness (QED) is 0.426. The van der Waals surface area contributed by atoms with E-state index in [1.807, 2.05) is 12.1 Å². The number of hydrogen-bond acceptors (Lipinski definition) is 1. The molecule has 1 nitrogen and oxygen atoms in total. The number of rotatable bonds is 7. The van der Waals surface area contributed by atoms with Crippen LogP contribution in [-0.2, 0) is 0 Å². The lowest BCUT2D eigenvalue weighted by atomic mass is 9.83. The van der Waals surface area contributed by atoms with Crippen molar-refractivity contribution in [1.29, 1.82) is 0 Å². The Kier molecular flexibility index (Phi) is 7.28. The van der Waals surface area contributed by atoms with Crippen LogP contribution in [0.2, 0.25) is 5.02 Å². The van der Waals surface area contributed by atoms with Gasteiger partial charge in [-0.15, -0.1) is 0 Å². The van der Waals surface area contributed by atoms with Gasteiger partial charge in [0.1, 0.15) is 0 Å². The Bertz CT molecular complexity index is 887. The minimum Gasteiger partial charge on any atom is -0.293 e. The number of unbranched alkanes of at least 4 members (excludes halogenated alkanes) is 1. The first kappa shape index (κ1) is 20.6. The smallest absolute Gasteiger partial charge is 0.0406 e. The monoisotopic (exact) mass is 391 g/mol. The number of benzene rings is 2. The minimum absolute atomic E-state index is 0.246. The maximum Gasteiger partial charge on any atom is 0.0406 e. The van der Waals surface area contributed by atoms with Gasteiger partial charge < -0.3 is 0 Å². The Morgan fingerprint density at radius 2 is 1.75 bits per heavy atom. The van der Waals surface area contributed by atoms with Gasteiger partial charge in [-0.05, 0) is 66.2 Å². The molecule has 3 rings (SSSR count). The van der Waals surface area contributed by atoms with Crippen molar-refractivity contribution in [3.63, 3.8) is 0 Å². The van der Waals surface area contributed by atoms with Crippen LogP contribution in [0.1, 0.15) is 63.1 Å². The molecule has 28 heavy (non-hydrogen) atoms. The first-order chi connectivity index (χ1) is 13.7. The van der Waals surface area contributed by atoms with Crippen molar-refractivity contribution in [2.45, 2.75) is 46.5 Å². The van der Waals surface area contributed by atoms with Crippen molar-refractivity contribution in [1.82, 2.24) is 0 Å². The summed E-state index contributed by atoms with van der Waals surface area (Å²) in [5.74, 6) is 0.246. The molecule has 0 saturated carbocycles. The summed E-state index contributed by atoms with van der Waals surface area (Å²) in [5.41, 5.74) is 7.85. The highest BCUT2D eigenvalue weighted by Crippen LogP contribution is 2.39. The number of allylic oxidation sites excluding steroid dienone is 2. The van der Waals surface area contributed by atoms with E-state index >= 15 is 0 Å². The zero-order chi connectivity index (χ0) is 19.9. The lowest BCUT2D eigenvalue weighted by molar-refractivity contribution is 0.752. The zero-order valence-electron chi connectivity index (χ0n) is 17.2. The molecule has 0 radical (unpaired) electrons. The van der Waals surface area contributed by atoms with E-state index in [4.69, 9.17) is 16.6 Å². The summed E-state index contributed by atoms with van der Waals surface area (Å²) in [5, 5.41) is 0.775. The Labute approximate surface area is 174 Å². The van der Waals surface area contributed by atoms with Crippen LogP contribution in [-0.4, -0.2) is 12.3 Å². The minimum atomic E-state index is 0.246. The van der Waals surface area contributed by atoms with Crippen LogP contribution in [0, 0.1) is 5.92 Å². The number of halogens is 1. The van der Waals surface area contributed by atoms with Gasteiger partial charge in [0.15, 0.2) is 0 Å². The van der Waals surface area contributed by atoms with Crippen molar-refractivity contribution in [2.75, 3.05) is 6.54 Å². The van der Waals surface area contributed by atoms with Crippen LogP contribution in [0.4, 0.5) is 0 Å². The number of hydrogen-bond donors (Lipinski definition) is 0. The molecule has 0 spiro atoms. The highest BCUT2D eigenvalue weighted by atomic mass is 35.5. The Morgan fingerprint density at radius 3 is 2.46 bits per heavy atom. The van der Waals surface area contributed by atoms with E-state index in [2.05, 4.69) is 69.3 Å². The Morgan fingerprint density at radius 1 is 1.00 bits per heavy atom. The third-order valence-electron chi connectivity index (χ3n) is 5.36. The average Bonchev–Trinajstić information content (AvgIpc) is 2.88. The molecule has 2 aromatic rings. The van der Waals surface area contributed by atoms with Crippen LogP contribution >= 0.6 is 11.6 Å². The van der Waals surface area contributed by atoms with E-state index in [0.717, 1.165) is 24.4 Å². The Balaban J connectivity index is 2.25. The summed E-state index contributed by atoms with van der Waals surface area (Å²) in [6.45, 7) is 7.52. The molecule has 0 N–H and O–H groups in total. The fraction of sp³-hybridized carbons (Fsp3) is 0.346. The van der Waals surface area contributed by atoms with Crippen molar-refractivity contribution >= 4 is 29.0 Å². The van der Waals surface area contributed by atoms with Crippen molar-refractivity contribution in [2.24, 2.45) is 10.9 Å². The molecule has 0 bridgehead atoms. The fourth-order valence-electron chi connectivity index (χ4n) is 3.90. The average molecular weight is 392 g/mol. The summed E-state index contributed by atoms with van der Waals surface area (Å²) in [7, 11) is 0. The summed E-state index contributed by atoms with van der Waals surface area (Å²) in [4.78, 5) is 4.88. The zero-order valence-corrected chi connectivity index (χ0v) is 18.0. The number of nitrogens with zero attached hydrogens (tertiary/aromatic N) is 1. The van der Waals surface area contributed by atoms with Gasteiger partial charge in [0.2, 0.25) is 0 Å². The molecule has 0 fully saturated rings. The number of aliphatic imine (C=N–C) groups is 1. The van der Waals surface area contributed by atoms with Gasteiger partial charge in [0.05, 0.1) is 0 Å². The molecule has 1 atom stereocenters. The van der Waals surface area contributed by atoms with Crippen molar-refractivity contribution < 1.29 is 0 Å². The second-order valence-corrected chi connectivity index (χ2v) is 7.89. The lowest BCUT2D eigenvalue weighted by Crippen LogP contribution is -2.14. The van der Waals surface area contributed by atoms with Crippen LogP contribution < -0.4 is 0 Å². The highest BCUT2D eigenvalue weighted by Gasteiger charge is 2.24. The van der Waals surface area contributed by atoms with Gasteiger partial charge in [-0.1, -0.05) is 80.4 Å². The first-order valence-corrected chi connectivity index (χ1v) is 10.8. The molecule has 2 aromatic carbocycles. The van der Waals surface area contributed by atoms with E-state index in [1.54, 1.807) is 0 Å². The normalized spacial score (nSPS) is 16.9. The second kappa shape index (κ2) is 9.89. The van der Waals surface area contributed by atoms with E-state index in [9.17, 15) is 0 Å². The van der Waals surface area contributed by atoms with Gasteiger partial charge in [0, 0.05) is 23.2 Å². The highest BCUT2D eigenvalue weighted by molar-refractivity contribution is 6.30. The molecule has 0 heterocycles. The fourth-order valence-corrected chi connectivity index (χ4v) is 4.02. The molecular formula is C26H30ClN. The second-order valence-electron chi connectivity index (χ2n) is 7.46. The van der Waals surface area contributed by atoms with Gasteiger partial charge in [0.25, 0.3) is 0 Å². The van der Waals surface area contributed by atoms with Crippen LogP contribution in [0.25, 0.3) is 11.6 Å². The molecular weight excluding hydrogens is 362 g/mol. The predicted molar refractivity (Wildman–Crippen MR) is 124 cm³/mol. The number of fused-ring (bicyclic) bond motifs is 1. The maximum atomic E-state index is 6.19. The van der Waals surface area contributed by atoms with Gasteiger partial charge in [-0.25, -0.2) is 0 Å². The van der Waals surface area contributed by atoms with E-state index in [0.29, 0.717) is 0 Å². The molecule has 146 valence electrons. The molecule has 1 aliphatic rings. The third kappa shape index (κ3) is 4.64. The van der Waals surface area contributed by atoms with Crippen LogP contribution in [0.5, 0.6) is 0 Å². The van der Waals surface area contributed by atoms with Gasteiger partial charge in [-0.2, -0.15) is 0 Å². The van der Waals surface area contributed by atoms with E-state index in [1.165, 1.54) is 46.4 Å². The maximum absolute atomic E-state index is 6.19. The third-order valence-corrected chi connectivity index (χ3v) is 5.61. The molecule has 0 amide bonds. The van der Waals surface area contributed by atoms with Crippen molar-refractivity contribution in [3.05, 3.63) is 81.9 Å². The van der Waals surface area contributed by atoms with E-state index < -0.39 is 0 Å². The summed E-state index contributed by atoms with van der Waals surface area (Å²) < 4.78 is 0. The SMILES string of the molecule is CCCCC1=C(c2ccc(Cl)cc2)c2ccccc2C=CC1C(C)=NCCC. The predicted octanol–water partition coefficient (Wildman–Crippen LogP) is 7.85. The summed E-state index contributed by atoms with van der Waals surface area (Å²) in [6.07, 6.45) is 9.14. The summed E-state index contributed by atoms with van der Waals surface area (Å²) in [6, 6.07) is 17.0. The Hall–Kier alpha value is -2.12.